The fraction of sp³-hybridized carbons (Fsp3) is 0.308. The number of aromatic nitrogens is 3. The number of nitriles is 1. The van der Waals surface area contributed by atoms with Crippen LogP contribution in [0.5, 0.6) is 0 Å². The van der Waals surface area contributed by atoms with Gasteiger partial charge in [0.1, 0.15) is 29.9 Å². The highest BCUT2D eigenvalue weighted by Crippen LogP contribution is 2.33. The van der Waals surface area contributed by atoms with Gasteiger partial charge in [-0.2, -0.15) is 5.26 Å². The number of nitrogens with zero attached hydrogens (tertiary/aromatic N) is 4. The van der Waals surface area contributed by atoms with Gasteiger partial charge in [0, 0.05) is 5.56 Å². The lowest BCUT2D eigenvalue weighted by Gasteiger charge is -2.31. The Kier molecular flexibility index (Phi) is 3.77. The molecule has 0 aliphatic carbocycles. The molecule has 0 aliphatic rings. The minimum Gasteiger partial charge on any atom is -0.382 e. The maximum Gasteiger partial charge on any atom is 0.129 e. The molecule has 0 amide bonds. The summed E-state index contributed by atoms with van der Waals surface area (Å²) in [6.45, 7) is 1.28. The summed E-state index contributed by atoms with van der Waals surface area (Å²) in [6, 6.07) is 4.64. The van der Waals surface area contributed by atoms with Crippen molar-refractivity contribution in [2.45, 2.75) is 19.1 Å². The molecule has 2 atom stereocenters. The Hall–Kier alpha value is -2.33. The normalized spacial score (nSPS) is 15.3. The molecule has 0 bridgehead atoms. The van der Waals surface area contributed by atoms with E-state index >= 15 is 0 Å². The molecule has 0 unspecified atom stereocenters. The summed E-state index contributed by atoms with van der Waals surface area (Å²) in [7, 11) is 0. The van der Waals surface area contributed by atoms with Crippen molar-refractivity contribution >= 4 is 0 Å². The van der Waals surface area contributed by atoms with Gasteiger partial charge in [0.15, 0.2) is 0 Å². The van der Waals surface area contributed by atoms with E-state index in [1.54, 1.807) is 0 Å². The molecule has 1 aromatic heterocycles. The Bertz CT molecular complexity index is 638. The lowest BCUT2D eigenvalue weighted by atomic mass is 9.82. The van der Waals surface area contributed by atoms with Gasteiger partial charge in [-0.1, -0.05) is 0 Å². The highest BCUT2D eigenvalue weighted by molar-refractivity contribution is 5.27. The van der Waals surface area contributed by atoms with Crippen LogP contribution in [0, 0.1) is 28.9 Å². The zero-order valence-electron chi connectivity index (χ0n) is 10.7. The van der Waals surface area contributed by atoms with Crippen LogP contribution in [-0.4, -0.2) is 19.9 Å². The third-order valence-electron chi connectivity index (χ3n) is 3.20. The number of halogens is 2. The van der Waals surface area contributed by atoms with Gasteiger partial charge in [0.25, 0.3) is 0 Å². The molecule has 5 nitrogen and oxygen atoms in total. The average Bonchev–Trinajstić information content (AvgIpc) is 2.93. The summed E-state index contributed by atoms with van der Waals surface area (Å²) in [4.78, 5) is 0. The lowest BCUT2D eigenvalue weighted by molar-refractivity contribution is -0.0170. The largest absolute Gasteiger partial charge is 0.382 e. The van der Waals surface area contributed by atoms with Crippen LogP contribution >= 0.6 is 0 Å². The molecular formula is C13H12F2N4O. The molecule has 0 fully saturated rings. The SMILES string of the molecule is C[C@@H](C#N)[C@](O)(Cn1cnnc1)c1cc(F)ccc1F. The van der Waals surface area contributed by atoms with Crippen LogP contribution < -0.4 is 0 Å². The molecule has 104 valence electrons. The van der Waals surface area contributed by atoms with Crippen LogP contribution in [-0.2, 0) is 12.1 Å². The topological polar surface area (TPSA) is 74.7 Å². The highest BCUT2D eigenvalue weighted by Gasteiger charge is 2.39. The van der Waals surface area contributed by atoms with E-state index in [4.69, 9.17) is 5.26 Å². The first-order valence-corrected chi connectivity index (χ1v) is 5.87. The number of hydrogen-bond acceptors (Lipinski definition) is 4. The molecule has 0 radical (unpaired) electrons. The molecular weight excluding hydrogens is 266 g/mol. The van der Waals surface area contributed by atoms with E-state index in [1.165, 1.54) is 24.1 Å². The first-order valence-electron chi connectivity index (χ1n) is 5.87. The Morgan fingerprint density at radius 1 is 1.40 bits per heavy atom. The van der Waals surface area contributed by atoms with Gasteiger partial charge in [-0.3, -0.25) is 0 Å². The van der Waals surface area contributed by atoms with Crippen molar-refractivity contribution in [3.63, 3.8) is 0 Å². The maximum absolute atomic E-state index is 13.9. The molecule has 1 aromatic carbocycles. The molecule has 0 aliphatic heterocycles. The Labute approximate surface area is 114 Å². The van der Waals surface area contributed by atoms with Gasteiger partial charge in [-0.25, -0.2) is 8.78 Å². The summed E-state index contributed by atoms with van der Waals surface area (Å²) >= 11 is 0. The first-order chi connectivity index (χ1) is 9.47. The third kappa shape index (κ3) is 2.51. The van der Waals surface area contributed by atoms with Gasteiger partial charge in [0.2, 0.25) is 0 Å². The van der Waals surface area contributed by atoms with Gasteiger partial charge in [-0.05, 0) is 25.1 Å². The molecule has 1 heterocycles. The number of benzene rings is 1. The minimum absolute atomic E-state index is 0.158. The van der Waals surface area contributed by atoms with Crippen LogP contribution in [0.3, 0.4) is 0 Å². The monoisotopic (exact) mass is 278 g/mol. The lowest BCUT2D eigenvalue weighted by Crippen LogP contribution is -2.38. The number of rotatable bonds is 4. The molecule has 2 aromatic rings. The summed E-state index contributed by atoms with van der Waals surface area (Å²) in [6.07, 6.45) is 2.65. The van der Waals surface area contributed by atoms with Crippen molar-refractivity contribution in [2.24, 2.45) is 5.92 Å². The maximum atomic E-state index is 13.9. The zero-order valence-corrected chi connectivity index (χ0v) is 10.7. The van der Waals surface area contributed by atoms with Crippen LogP contribution in [0.25, 0.3) is 0 Å². The molecule has 0 saturated carbocycles. The van der Waals surface area contributed by atoms with Crippen molar-refractivity contribution in [2.75, 3.05) is 0 Å². The summed E-state index contributed by atoms with van der Waals surface area (Å²) < 4.78 is 28.6. The first kappa shape index (κ1) is 14.1. The highest BCUT2D eigenvalue weighted by atomic mass is 19.1. The molecule has 1 N–H and O–H groups in total. The predicted octanol–water partition coefficient (Wildman–Crippen LogP) is 1.60. The molecule has 0 spiro atoms. The van der Waals surface area contributed by atoms with Crippen molar-refractivity contribution in [3.05, 3.63) is 48.1 Å². The average molecular weight is 278 g/mol. The molecule has 2 rings (SSSR count). The van der Waals surface area contributed by atoms with Gasteiger partial charge >= 0.3 is 0 Å². The second-order valence-electron chi connectivity index (χ2n) is 4.53. The quantitative estimate of drug-likeness (QED) is 0.921. The Morgan fingerprint density at radius 3 is 2.65 bits per heavy atom. The van der Waals surface area contributed by atoms with E-state index in [-0.39, 0.29) is 12.1 Å². The van der Waals surface area contributed by atoms with Crippen molar-refractivity contribution in [1.29, 1.82) is 5.26 Å². The van der Waals surface area contributed by atoms with E-state index < -0.39 is 23.2 Å². The van der Waals surface area contributed by atoms with E-state index in [1.807, 2.05) is 6.07 Å². The second-order valence-corrected chi connectivity index (χ2v) is 4.53. The minimum atomic E-state index is -1.89. The summed E-state index contributed by atoms with van der Waals surface area (Å²) in [5, 5.41) is 26.9. The summed E-state index contributed by atoms with van der Waals surface area (Å²) in [5.41, 5.74) is -2.15. The number of aliphatic hydroxyl groups is 1. The number of hydrogen-bond donors (Lipinski definition) is 1. The van der Waals surface area contributed by atoms with Crippen molar-refractivity contribution in [1.82, 2.24) is 14.8 Å². The van der Waals surface area contributed by atoms with Crippen LogP contribution in [0.2, 0.25) is 0 Å². The fourth-order valence-electron chi connectivity index (χ4n) is 1.97. The van der Waals surface area contributed by atoms with E-state index in [0.29, 0.717) is 0 Å². The van der Waals surface area contributed by atoms with E-state index in [2.05, 4.69) is 10.2 Å². The predicted molar refractivity (Wildman–Crippen MR) is 65.1 cm³/mol. The summed E-state index contributed by atoms with van der Waals surface area (Å²) in [5.74, 6) is -2.42. The molecule has 20 heavy (non-hydrogen) atoms. The molecule has 7 heteroatoms. The van der Waals surface area contributed by atoms with E-state index in [9.17, 15) is 13.9 Å². The molecule has 0 saturated heterocycles. The standard InChI is InChI=1S/C13H12F2N4O/c1-9(5-16)13(20,6-19-7-17-18-8-19)11-4-10(14)2-3-12(11)15/h2-4,7-9,20H,6H2,1H3/t9-,13+/m0/s1. The van der Waals surface area contributed by atoms with Crippen LogP contribution in [0.15, 0.2) is 30.9 Å². The van der Waals surface area contributed by atoms with Crippen molar-refractivity contribution < 1.29 is 13.9 Å². The third-order valence-corrected chi connectivity index (χ3v) is 3.20. The smallest absolute Gasteiger partial charge is 0.129 e. The van der Waals surface area contributed by atoms with Gasteiger partial charge in [0.05, 0.1) is 18.5 Å². The fourth-order valence-corrected chi connectivity index (χ4v) is 1.97. The van der Waals surface area contributed by atoms with Crippen LogP contribution in [0.1, 0.15) is 12.5 Å². The van der Waals surface area contributed by atoms with Gasteiger partial charge in [-0.15, -0.1) is 10.2 Å². The van der Waals surface area contributed by atoms with Crippen molar-refractivity contribution in [3.8, 4) is 6.07 Å². The second kappa shape index (κ2) is 5.35. The Balaban J connectivity index is 2.52. The Morgan fingerprint density at radius 2 is 2.05 bits per heavy atom. The zero-order chi connectivity index (χ0) is 14.8. The van der Waals surface area contributed by atoms with Gasteiger partial charge < -0.3 is 9.67 Å². The van der Waals surface area contributed by atoms with Crippen LogP contribution in [0.4, 0.5) is 8.78 Å². The van der Waals surface area contributed by atoms with E-state index in [0.717, 1.165) is 18.2 Å².